The Morgan fingerprint density at radius 3 is 2.78 bits per heavy atom. The minimum absolute atomic E-state index is 0.0990. The van der Waals surface area contributed by atoms with Gasteiger partial charge in [-0.05, 0) is 37.6 Å². The predicted molar refractivity (Wildman–Crippen MR) is 90.4 cm³/mol. The molecule has 0 aliphatic carbocycles. The Morgan fingerprint density at radius 1 is 1.30 bits per heavy atom. The fraction of sp³-hybridized carbons (Fsp3) is 0.353. The first-order chi connectivity index (χ1) is 11.1. The molecule has 0 spiro atoms. The smallest absolute Gasteiger partial charge is 0.246 e. The number of nitrogens with one attached hydrogen (secondary N) is 1. The Balaban J connectivity index is 1.79. The first kappa shape index (κ1) is 15.3. The second-order valence-electron chi connectivity index (χ2n) is 5.59. The first-order valence-electron chi connectivity index (χ1n) is 7.88. The van der Waals surface area contributed by atoms with Gasteiger partial charge in [-0.3, -0.25) is 9.48 Å². The molecule has 6 heteroatoms. The number of aryl methyl sites for hydroxylation is 3. The van der Waals surface area contributed by atoms with Gasteiger partial charge in [0.25, 0.3) is 0 Å². The second kappa shape index (κ2) is 6.24. The lowest BCUT2D eigenvalue weighted by atomic mass is 10.2. The van der Waals surface area contributed by atoms with Crippen molar-refractivity contribution in [2.45, 2.75) is 40.3 Å². The van der Waals surface area contributed by atoms with Gasteiger partial charge in [-0.1, -0.05) is 6.92 Å². The molecule has 0 fully saturated rings. The molecule has 1 aromatic carbocycles. The van der Waals surface area contributed by atoms with E-state index in [2.05, 4.69) is 33.8 Å². The van der Waals surface area contributed by atoms with Gasteiger partial charge in [0, 0.05) is 24.8 Å². The standard InChI is InChI=1S/C17H21N5O/c1-4-16-20-14-8-13(6-7-15(14)22(16)5-2)19-17(23)11-21-10-12(3)9-18-21/h6-10H,4-5,11H2,1-3H3,(H,19,23). The largest absolute Gasteiger partial charge is 0.328 e. The Labute approximate surface area is 135 Å². The number of hydrogen-bond donors (Lipinski definition) is 1. The number of aromatic nitrogens is 4. The van der Waals surface area contributed by atoms with Crippen molar-refractivity contribution in [3.63, 3.8) is 0 Å². The Hall–Kier alpha value is -2.63. The van der Waals surface area contributed by atoms with E-state index in [9.17, 15) is 4.79 Å². The van der Waals surface area contributed by atoms with E-state index < -0.39 is 0 Å². The van der Waals surface area contributed by atoms with Crippen LogP contribution in [0.25, 0.3) is 11.0 Å². The molecule has 3 aromatic rings. The van der Waals surface area contributed by atoms with Crippen LogP contribution in [0.1, 0.15) is 25.2 Å². The molecule has 0 bridgehead atoms. The molecule has 1 N–H and O–H groups in total. The zero-order valence-corrected chi connectivity index (χ0v) is 13.7. The van der Waals surface area contributed by atoms with E-state index in [0.717, 1.165) is 41.1 Å². The molecule has 0 aliphatic heterocycles. The van der Waals surface area contributed by atoms with Gasteiger partial charge in [-0.25, -0.2) is 4.98 Å². The molecule has 0 unspecified atom stereocenters. The van der Waals surface area contributed by atoms with Crippen molar-refractivity contribution < 1.29 is 4.79 Å². The van der Waals surface area contributed by atoms with E-state index in [1.807, 2.05) is 31.3 Å². The fourth-order valence-corrected chi connectivity index (χ4v) is 2.78. The van der Waals surface area contributed by atoms with Gasteiger partial charge in [0.1, 0.15) is 12.4 Å². The molecular formula is C17H21N5O. The normalized spacial score (nSPS) is 11.1. The summed E-state index contributed by atoms with van der Waals surface area (Å²) in [6.07, 6.45) is 4.48. The maximum absolute atomic E-state index is 12.1. The maximum Gasteiger partial charge on any atom is 0.246 e. The summed E-state index contributed by atoms with van der Waals surface area (Å²) >= 11 is 0. The van der Waals surface area contributed by atoms with Gasteiger partial charge in [0.05, 0.1) is 17.2 Å². The molecule has 23 heavy (non-hydrogen) atoms. The maximum atomic E-state index is 12.1. The lowest BCUT2D eigenvalue weighted by Crippen LogP contribution is -2.18. The number of benzene rings is 1. The average Bonchev–Trinajstić information content (AvgIpc) is 3.09. The van der Waals surface area contributed by atoms with Crippen molar-refractivity contribution in [3.05, 3.63) is 42.0 Å². The van der Waals surface area contributed by atoms with Crippen LogP contribution in [0, 0.1) is 6.92 Å². The quantitative estimate of drug-likeness (QED) is 0.788. The number of carbonyl (C=O) groups excluding carboxylic acids is 1. The monoisotopic (exact) mass is 311 g/mol. The summed E-state index contributed by atoms with van der Waals surface area (Å²) in [6.45, 7) is 7.26. The predicted octanol–water partition coefficient (Wildman–Crippen LogP) is 2.76. The number of amides is 1. The average molecular weight is 311 g/mol. The summed E-state index contributed by atoms with van der Waals surface area (Å²) in [5, 5.41) is 7.03. The highest BCUT2D eigenvalue weighted by atomic mass is 16.2. The second-order valence-corrected chi connectivity index (χ2v) is 5.59. The van der Waals surface area contributed by atoms with E-state index in [-0.39, 0.29) is 12.5 Å². The number of fused-ring (bicyclic) bond motifs is 1. The van der Waals surface area contributed by atoms with Crippen LogP contribution in [0.15, 0.2) is 30.6 Å². The zero-order chi connectivity index (χ0) is 16.4. The van der Waals surface area contributed by atoms with E-state index >= 15 is 0 Å². The van der Waals surface area contributed by atoms with Gasteiger partial charge >= 0.3 is 0 Å². The summed E-state index contributed by atoms with van der Waals surface area (Å²) in [4.78, 5) is 16.8. The number of hydrogen-bond acceptors (Lipinski definition) is 3. The van der Waals surface area contributed by atoms with E-state index in [4.69, 9.17) is 0 Å². The van der Waals surface area contributed by atoms with E-state index in [0.29, 0.717) is 0 Å². The van der Waals surface area contributed by atoms with Crippen LogP contribution < -0.4 is 5.32 Å². The SMILES string of the molecule is CCc1nc2cc(NC(=O)Cn3cc(C)cn3)ccc2n1CC. The number of imidazole rings is 1. The Bertz CT molecular complexity index is 846. The van der Waals surface area contributed by atoms with Crippen LogP contribution in [-0.2, 0) is 24.3 Å². The number of anilines is 1. The Morgan fingerprint density at radius 2 is 2.13 bits per heavy atom. The molecule has 0 saturated carbocycles. The van der Waals surface area contributed by atoms with Crippen LogP contribution in [0.3, 0.4) is 0 Å². The molecule has 120 valence electrons. The van der Waals surface area contributed by atoms with Crippen molar-refractivity contribution in [1.82, 2.24) is 19.3 Å². The number of rotatable bonds is 5. The van der Waals surface area contributed by atoms with Gasteiger partial charge < -0.3 is 9.88 Å². The molecule has 0 aliphatic rings. The van der Waals surface area contributed by atoms with Crippen molar-refractivity contribution in [3.8, 4) is 0 Å². The van der Waals surface area contributed by atoms with E-state index in [1.54, 1.807) is 10.9 Å². The first-order valence-corrected chi connectivity index (χ1v) is 7.88. The van der Waals surface area contributed by atoms with Crippen molar-refractivity contribution in [1.29, 1.82) is 0 Å². The minimum Gasteiger partial charge on any atom is -0.328 e. The Kier molecular flexibility index (Phi) is 4.14. The van der Waals surface area contributed by atoms with Crippen LogP contribution in [0.2, 0.25) is 0 Å². The summed E-state index contributed by atoms with van der Waals surface area (Å²) < 4.78 is 3.83. The lowest BCUT2D eigenvalue weighted by Gasteiger charge is -2.06. The third-order valence-electron chi connectivity index (χ3n) is 3.81. The van der Waals surface area contributed by atoms with Crippen LogP contribution in [0.4, 0.5) is 5.69 Å². The number of nitrogens with zero attached hydrogens (tertiary/aromatic N) is 4. The van der Waals surface area contributed by atoms with Gasteiger partial charge in [0.15, 0.2) is 0 Å². The topological polar surface area (TPSA) is 64.7 Å². The summed E-state index contributed by atoms with van der Waals surface area (Å²) in [6, 6.07) is 5.85. The molecule has 0 saturated heterocycles. The molecular weight excluding hydrogens is 290 g/mol. The number of carbonyl (C=O) groups is 1. The van der Waals surface area contributed by atoms with Crippen LogP contribution in [-0.4, -0.2) is 25.2 Å². The highest BCUT2D eigenvalue weighted by molar-refractivity contribution is 5.93. The highest BCUT2D eigenvalue weighted by Crippen LogP contribution is 2.21. The van der Waals surface area contributed by atoms with Crippen LogP contribution in [0.5, 0.6) is 0 Å². The van der Waals surface area contributed by atoms with Crippen LogP contribution >= 0.6 is 0 Å². The van der Waals surface area contributed by atoms with Gasteiger partial charge in [0.2, 0.25) is 5.91 Å². The summed E-state index contributed by atoms with van der Waals surface area (Å²) in [5.74, 6) is 0.969. The van der Waals surface area contributed by atoms with Crippen molar-refractivity contribution >= 4 is 22.6 Å². The van der Waals surface area contributed by atoms with Crippen molar-refractivity contribution in [2.24, 2.45) is 0 Å². The molecule has 0 radical (unpaired) electrons. The molecule has 2 heterocycles. The highest BCUT2D eigenvalue weighted by Gasteiger charge is 2.10. The summed E-state index contributed by atoms with van der Waals surface area (Å²) in [7, 11) is 0. The van der Waals surface area contributed by atoms with Gasteiger partial charge in [-0.2, -0.15) is 5.10 Å². The van der Waals surface area contributed by atoms with Crippen molar-refractivity contribution in [2.75, 3.05) is 5.32 Å². The molecule has 1 amide bonds. The molecule has 0 atom stereocenters. The molecule has 3 rings (SSSR count). The zero-order valence-electron chi connectivity index (χ0n) is 13.7. The van der Waals surface area contributed by atoms with Gasteiger partial charge in [-0.15, -0.1) is 0 Å². The van der Waals surface area contributed by atoms with E-state index in [1.165, 1.54) is 0 Å². The third-order valence-corrected chi connectivity index (χ3v) is 3.81. The minimum atomic E-state index is -0.0990. The summed E-state index contributed by atoms with van der Waals surface area (Å²) in [5.41, 5.74) is 3.81. The third kappa shape index (κ3) is 3.11. The molecule has 2 aromatic heterocycles. The molecule has 6 nitrogen and oxygen atoms in total. The fourth-order valence-electron chi connectivity index (χ4n) is 2.78. The lowest BCUT2D eigenvalue weighted by molar-refractivity contribution is -0.116.